The molecule has 2 amide bonds. The van der Waals surface area contributed by atoms with Gasteiger partial charge in [0, 0.05) is 51.8 Å². The number of amides is 2. The summed E-state index contributed by atoms with van der Waals surface area (Å²) in [5.41, 5.74) is 0.584. The number of piperidine rings is 1. The number of hydrogen-bond acceptors (Lipinski definition) is 4. The van der Waals surface area contributed by atoms with Crippen molar-refractivity contribution in [2.45, 2.75) is 25.0 Å². The predicted molar refractivity (Wildman–Crippen MR) is 98.1 cm³/mol. The molecular formula is C18H25N3O4S. The lowest BCUT2D eigenvalue weighted by atomic mass is 10.1. The second-order valence-electron chi connectivity index (χ2n) is 6.83. The molecule has 0 aromatic heterocycles. The first kappa shape index (κ1) is 18.8. The van der Waals surface area contributed by atoms with Gasteiger partial charge in [-0.1, -0.05) is 18.2 Å². The quantitative estimate of drug-likeness (QED) is 0.778. The number of carbonyl (C=O) groups is 2. The van der Waals surface area contributed by atoms with E-state index in [0.717, 1.165) is 0 Å². The minimum Gasteiger partial charge on any atom is -0.340 e. The molecule has 3 rings (SSSR count). The molecule has 1 atom stereocenters. The molecule has 0 N–H and O–H groups in total. The monoisotopic (exact) mass is 379 g/mol. The molecule has 1 aromatic carbocycles. The fourth-order valence-electron chi connectivity index (χ4n) is 3.60. The van der Waals surface area contributed by atoms with Crippen LogP contribution in [0.3, 0.4) is 0 Å². The fourth-order valence-corrected chi connectivity index (χ4v) is 5.52. The second-order valence-corrected chi connectivity index (χ2v) is 9.04. The van der Waals surface area contributed by atoms with Crippen LogP contribution in [-0.4, -0.2) is 78.9 Å². The highest BCUT2D eigenvalue weighted by atomic mass is 32.2. The fraction of sp³-hybridized carbons (Fsp3) is 0.556. The van der Waals surface area contributed by atoms with Gasteiger partial charge in [0.1, 0.15) is 0 Å². The van der Waals surface area contributed by atoms with E-state index < -0.39 is 15.3 Å². The van der Waals surface area contributed by atoms with E-state index in [1.54, 1.807) is 34.1 Å². The van der Waals surface area contributed by atoms with E-state index in [2.05, 4.69) is 0 Å². The molecule has 0 unspecified atom stereocenters. The maximum absolute atomic E-state index is 13.0. The number of likely N-dealkylation sites (tertiary alicyclic amines) is 1. The minimum absolute atomic E-state index is 0.0284. The molecule has 0 bridgehead atoms. The zero-order chi connectivity index (χ0) is 18.7. The first-order valence-electron chi connectivity index (χ1n) is 8.98. The average Bonchev–Trinajstić information content (AvgIpc) is 2.68. The van der Waals surface area contributed by atoms with E-state index in [1.807, 2.05) is 6.07 Å². The summed E-state index contributed by atoms with van der Waals surface area (Å²) < 4.78 is 27.5. The molecule has 2 fully saturated rings. The molecule has 142 valence electrons. The number of sulfonamides is 1. The maximum Gasteiger partial charge on any atom is 0.253 e. The van der Waals surface area contributed by atoms with Crippen molar-refractivity contribution in [3.05, 3.63) is 35.9 Å². The summed E-state index contributed by atoms with van der Waals surface area (Å²) in [6, 6.07) is 8.96. The van der Waals surface area contributed by atoms with E-state index in [9.17, 15) is 18.0 Å². The third-order valence-electron chi connectivity index (χ3n) is 5.15. The van der Waals surface area contributed by atoms with Gasteiger partial charge in [-0.05, 0) is 25.0 Å². The number of piperazine rings is 1. The molecule has 0 saturated carbocycles. The van der Waals surface area contributed by atoms with Gasteiger partial charge in [-0.15, -0.1) is 0 Å². The normalized spacial score (nSPS) is 22.3. The third kappa shape index (κ3) is 3.91. The Bertz CT molecular complexity index is 758. The summed E-state index contributed by atoms with van der Waals surface area (Å²) >= 11 is 0. The Morgan fingerprint density at radius 3 is 2.23 bits per heavy atom. The first-order chi connectivity index (χ1) is 12.4. The Hall–Kier alpha value is -1.93. The van der Waals surface area contributed by atoms with Crippen LogP contribution in [0.4, 0.5) is 0 Å². The largest absolute Gasteiger partial charge is 0.340 e. The standard InChI is InChI=1S/C18H25N3O4S/c1-15(22)19-10-12-21(13-11-19)26(24,25)17-8-5-9-20(14-17)18(23)16-6-3-2-4-7-16/h2-4,6-7,17H,5,8-14H2,1H3/t17-/m1/s1. The molecule has 7 nitrogen and oxygen atoms in total. The van der Waals surface area contributed by atoms with Gasteiger partial charge in [-0.2, -0.15) is 4.31 Å². The number of hydrogen-bond donors (Lipinski definition) is 0. The summed E-state index contributed by atoms with van der Waals surface area (Å²) in [5.74, 6) is -0.147. The van der Waals surface area contributed by atoms with Gasteiger partial charge in [0.2, 0.25) is 15.9 Å². The van der Waals surface area contributed by atoms with E-state index >= 15 is 0 Å². The number of benzene rings is 1. The SMILES string of the molecule is CC(=O)N1CCN(S(=O)(=O)[C@@H]2CCCN(C(=O)c3ccccc3)C2)CC1. The minimum atomic E-state index is -3.48. The van der Waals surface area contributed by atoms with Crippen molar-refractivity contribution in [3.63, 3.8) is 0 Å². The van der Waals surface area contributed by atoms with Crippen LogP contribution in [0, 0.1) is 0 Å². The molecule has 2 heterocycles. The van der Waals surface area contributed by atoms with Gasteiger partial charge in [0.15, 0.2) is 0 Å². The Balaban J connectivity index is 1.67. The summed E-state index contributed by atoms with van der Waals surface area (Å²) in [7, 11) is -3.48. The lowest BCUT2D eigenvalue weighted by molar-refractivity contribution is -0.129. The van der Waals surface area contributed by atoms with Crippen LogP contribution < -0.4 is 0 Å². The lowest BCUT2D eigenvalue weighted by Gasteiger charge is -2.38. The van der Waals surface area contributed by atoms with Gasteiger partial charge >= 0.3 is 0 Å². The summed E-state index contributed by atoms with van der Waals surface area (Å²) in [6.07, 6.45) is 1.24. The first-order valence-corrected chi connectivity index (χ1v) is 10.5. The van der Waals surface area contributed by atoms with Gasteiger partial charge in [0.05, 0.1) is 5.25 Å². The Morgan fingerprint density at radius 2 is 1.62 bits per heavy atom. The van der Waals surface area contributed by atoms with Crippen LogP contribution in [0.15, 0.2) is 30.3 Å². The third-order valence-corrected chi connectivity index (χ3v) is 7.46. The average molecular weight is 379 g/mol. The molecule has 2 saturated heterocycles. The van der Waals surface area contributed by atoms with E-state index in [-0.39, 0.29) is 18.4 Å². The molecule has 1 aromatic rings. The van der Waals surface area contributed by atoms with Crippen LogP contribution in [-0.2, 0) is 14.8 Å². The van der Waals surface area contributed by atoms with Crippen LogP contribution >= 0.6 is 0 Å². The highest BCUT2D eigenvalue weighted by molar-refractivity contribution is 7.89. The molecule has 2 aliphatic heterocycles. The van der Waals surface area contributed by atoms with E-state index in [1.165, 1.54) is 11.2 Å². The van der Waals surface area contributed by atoms with E-state index in [4.69, 9.17) is 0 Å². The second kappa shape index (κ2) is 7.75. The zero-order valence-corrected chi connectivity index (χ0v) is 15.8. The summed E-state index contributed by atoms with van der Waals surface area (Å²) in [4.78, 5) is 27.4. The number of carbonyl (C=O) groups excluding carboxylic acids is 2. The van der Waals surface area contributed by atoms with Crippen molar-refractivity contribution in [1.82, 2.24) is 14.1 Å². The van der Waals surface area contributed by atoms with Gasteiger partial charge < -0.3 is 9.80 Å². The van der Waals surface area contributed by atoms with Crippen molar-refractivity contribution in [2.75, 3.05) is 39.3 Å². The lowest BCUT2D eigenvalue weighted by Crippen LogP contribution is -2.55. The molecule has 0 radical (unpaired) electrons. The molecule has 26 heavy (non-hydrogen) atoms. The van der Waals surface area contributed by atoms with Crippen molar-refractivity contribution >= 4 is 21.8 Å². The van der Waals surface area contributed by atoms with E-state index in [0.29, 0.717) is 51.1 Å². The van der Waals surface area contributed by atoms with Gasteiger partial charge in [-0.25, -0.2) is 8.42 Å². The van der Waals surface area contributed by atoms with Crippen molar-refractivity contribution < 1.29 is 18.0 Å². The summed E-state index contributed by atoms with van der Waals surface area (Å²) in [6.45, 7) is 3.80. The Morgan fingerprint density at radius 1 is 0.962 bits per heavy atom. The Kier molecular flexibility index (Phi) is 5.62. The summed E-state index contributed by atoms with van der Waals surface area (Å²) in [5, 5.41) is -0.576. The van der Waals surface area contributed by atoms with Crippen LogP contribution in [0.2, 0.25) is 0 Å². The van der Waals surface area contributed by atoms with Crippen molar-refractivity contribution in [3.8, 4) is 0 Å². The van der Waals surface area contributed by atoms with Crippen LogP contribution in [0.5, 0.6) is 0 Å². The van der Waals surface area contributed by atoms with Gasteiger partial charge in [0.25, 0.3) is 5.91 Å². The number of nitrogens with zero attached hydrogens (tertiary/aromatic N) is 3. The maximum atomic E-state index is 13.0. The van der Waals surface area contributed by atoms with Crippen molar-refractivity contribution in [1.29, 1.82) is 0 Å². The zero-order valence-electron chi connectivity index (χ0n) is 15.0. The predicted octanol–water partition coefficient (Wildman–Crippen LogP) is 0.785. The number of rotatable bonds is 3. The smallest absolute Gasteiger partial charge is 0.253 e. The topological polar surface area (TPSA) is 78.0 Å². The highest BCUT2D eigenvalue weighted by Crippen LogP contribution is 2.23. The molecule has 8 heteroatoms. The molecule has 0 spiro atoms. The van der Waals surface area contributed by atoms with Crippen LogP contribution in [0.1, 0.15) is 30.1 Å². The van der Waals surface area contributed by atoms with Gasteiger partial charge in [-0.3, -0.25) is 9.59 Å². The molecule has 2 aliphatic rings. The van der Waals surface area contributed by atoms with Crippen molar-refractivity contribution in [2.24, 2.45) is 0 Å². The molecular weight excluding hydrogens is 354 g/mol. The Labute approximate surface area is 154 Å². The molecule has 0 aliphatic carbocycles. The highest BCUT2D eigenvalue weighted by Gasteiger charge is 2.38. The van der Waals surface area contributed by atoms with Crippen LogP contribution in [0.25, 0.3) is 0 Å².